The van der Waals surface area contributed by atoms with E-state index in [1.54, 1.807) is 11.3 Å². The first kappa shape index (κ1) is 18.7. The summed E-state index contributed by atoms with van der Waals surface area (Å²) in [6.45, 7) is 2.19. The molecule has 1 aromatic carbocycles. The predicted molar refractivity (Wildman–Crippen MR) is 109 cm³/mol. The number of nitrogens with zero attached hydrogens (tertiary/aromatic N) is 1. The van der Waals surface area contributed by atoms with Crippen molar-refractivity contribution in [2.45, 2.75) is 50.3 Å². The zero-order valence-corrected chi connectivity index (χ0v) is 16.5. The molecular formula is C22H28N2O2S. The predicted octanol–water partition coefficient (Wildman–Crippen LogP) is 3.79. The van der Waals surface area contributed by atoms with Crippen LogP contribution < -0.4 is 5.32 Å². The van der Waals surface area contributed by atoms with Gasteiger partial charge in [-0.3, -0.25) is 9.69 Å². The van der Waals surface area contributed by atoms with Gasteiger partial charge >= 0.3 is 0 Å². The second-order valence-electron chi connectivity index (χ2n) is 7.44. The molecular weight excluding hydrogens is 356 g/mol. The average molecular weight is 385 g/mol. The van der Waals surface area contributed by atoms with E-state index < -0.39 is 6.10 Å². The third-order valence-corrected chi connectivity index (χ3v) is 6.67. The third-order valence-electron chi connectivity index (χ3n) is 5.73. The minimum atomic E-state index is -0.440. The molecule has 1 amide bonds. The first-order valence-corrected chi connectivity index (χ1v) is 10.9. The summed E-state index contributed by atoms with van der Waals surface area (Å²) in [7, 11) is 0. The first-order valence-electron chi connectivity index (χ1n) is 10.1. The van der Waals surface area contributed by atoms with Crippen LogP contribution in [0.25, 0.3) is 0 Å². The lowest BCUT2D eigenvalue weighted by Gasteiger charge is -2.44. The van der Waals surface area contributed by atoms with Crippen molar-refractivity contribution in [1.29, 1.82) is 0 Å². The van der Waals surface area contributed by atoms with Crippen molar-refractivity contribution < 1.29 is 9.53 Å². The van der Waals surface area contributed by atoms with Gasteiger partial charge in [0.2, 0.25) is 0 Å². The molecule has 1 N–H and O–H groups in total. The zero-order valence-electron chi connectivity index (χ0n) is 15.7. The van der Waals surface area contributed by atoms with Crippen LogP contribution in [0.15, 0.2) is 47.8 Å². The van der Waals surface area contributed by atoms with Crippen LogP contribution in [-0.4, -0.2) is 42.6 Å². The van der Waals surface area contributed by atoms with Gasteiger partial charge in [-0.05, 0) is 36.3 Å². The van der Waals surface area contributed by atoms with E-state index in [0.29, 0.717) is 19.2 Å². The molecule has 5 heteroatoms. The maximum Gasteiger partial charge on any atom is 0.251 e. The Kier molecular flexibility index (Phi) is 6.22. The number of rotatable bonds is 6. The lowest BCUT2D eigenvalue weighted by atomic mass is 9.95. The Morgan fingerprint density at radius 3 is 2.70 bits per heavy atom. The van der Waals surface area contributed by atoms with Crippen LogP contribution in [0.4, 0.5) is 0 Å². The van der Waals surface area contributed by atoms with E-state index in [9.17, 15) is 4.79 Å². The van der Waals surface area contributed by atoms with Gasteiger partial charge in [0.05, 0.1) is 12.6 Å². The van der Waals surface area contributed by atoms with Gasteiger partial charge in [0.15, 0.2) is 6.10 Å². The fraction of sp³-hybridized carbons (Fsp3) is 0.500. The summed E-state index contributed by atoms with van der Waals surface area (Å²) in [5, 5.41) is 5.19. The maximum absolute atomic E-state index is 13.0. The molecule has 4 rings (SSSR count). The van der Waals surface area contributed by atoms with E-state index in [1.807, 2.05) is 6.07 Å². The summed E-state index contributed by atoms with van der Waals surface area (Å²) < 4.78 is 6.03. The largest absolute Gasteiger partial charge is 0.365 e. The number of amides is 1. The number of thiophene rings is 1. The van der Waals surface area contributed by atoms with Gasteiger partial charge in [0.1, 0.15) is 0 Å². The van der Waals surface area contributed by atoms with E-state index >= 15 is 0 Å². The normalized spacial score (nSPS) is 24.1. The molecule has 144 valence electrons. The Bertz CT molecular complexity index is 713. The van der Waals surface area contributed by atoms with Crippen molar-refractivity contribution in [1.82, 2.24) is 10.2 Å². The Morgan fingerprint density at radius 1 is 1.15 bits per heavy atom. The average Bonchev–Trinajstić information content (AvgIpc) is 3.42. The third kappa shape index (κ3) is 4.42. The monoisotopic (exact) mass is 384 g/mol. The highest BCUT2D eigenvalue weighted by atomic mass is 32.1. The maximum atomic E-state index is 13.0. The van der Waals surface area contributed by atoms with Crippen molar-refractivity contribution in [3.05, 3.63) is 58.3 Å². The second-order valence-corrected chi connectivity index (χ2v) is 8.48. The minimum Gasteiger partial charge on any atom is -0.365 e. The molecule has 1 saturated heterocycles. The standard InChI is InChI=1S/C22H28N2O2S/c25-22(23-13-12-19-11-6-16-27-19)21-20(17-7-2-1-3-8-17)24(14-15-26-21)18-9-4-5-10-18/h1-3,6-8,11,16,18,20-21H,4-5,9-10,12-15H2,(H,23,25)/t20-,21+/m0/s1. The molecule has 1 saturated carbocycles. The van der Waals surface area contributed by atoms with Crippen LogP contribution in [0, 0.1) is 0 Å². The Hall–Kier alpha value is -1.69. The van der Waals surface area contributed by atoms with Gasteiger partial charge in [-0.15, -0.1) is 11.3 Å². The van der Waals surface area contributed by atoms with Gasteiger partial charge in [0.25, 0.3) is 5.91 Å². The second kappa shape index (κ2) is 9.00. The molecule has 2 atom stereocenters. The number of ether oxygens (including phenoxy) is 1. The fourth-order valence-electron chi connectivity index (χ4n) is 4.43. The highest BCUT2D eigenvalue weighted by Crippen LogP contribution is 2.36. The molecule has 1 aromatic heterocycles. The SMILES string of the molecule is O=C(NCCc1cccs1)[C@@H]1OCCN(C2CCCC2)[C@H]1c1ccccc1. The van der Waals surface area contributed by atoms with E-state index in [2.05, 4.69) is 52.0 Å². The lowest BCUT2D eigenvalue weighted by Crippen LogP contribution is -2.54. The van der Waals surface area contributed by atoms with Crippen molar-refractivity contribution in [3.63, 3.8) is 0 Å². The lowest BCUT2D eigenvalue weighted by molar-refractivity contribution is -0.148. The molecule has 0 radical (unpaired) electrons. The Labute approximate surface area is 165 Å². The number of hydrogen-bond acceptors (Lipinski definition) is 4. The van der Waals surface area contributed by atoms with Gasteiger partial charge in [-0.1, -0.05) is 49.2 Å². The Morgan fingerprint density at radius 2 is 1.96 bits per heavy atom. The molecule has 0 unspecified atom stereocenters. The van der Waals surface area contributed by atoms with E-state index in [0.717, 1.165) is 13.0 Å². The van der Waals surface area contributed by atoms with Gasteiger partial charge in [-0.2, -0.15) is 0 Å². The van der Waals surface area contributed by atoms with Crippen LogP contribution >= 0.6 is 11.3 Å². The highest BCUT2D eigenvalue weighted by Gasteiger charge is 2.41. The number of carbonyl (C=O) groups is 1. The van der Waals surface area contributed by atoms with Gasteiger partial charge < -0.3 is 10.1 Å². The summed E-state index contributed by atoms with van der Waals surface area (Å²) in [6, 6.07) is 15.2. The smallest absolute Gasteiger partial charge is 0.251 e. The molecule has 1 aliphatic heterocycles. The van der Waals surface area contributed by atoms with Crippen LogP contribution in [0.1, 0.15) is 42.2 Å². The first-order chi connectivity index (χ1) is 13.3. The van der Waals surface area contributed by atoms with E-state index in [-0.39, 0.29) is 11.9 Å². The molecule has 0 spiro atoms. The molecule has 1 aliphatic carbocycles. The van der Waals surface area contributed by atoms with Crippen LogP contribution in [0.3, 0.4) is 0 Å². The van der Waals surface area contributed by atoms with Gasteiger partial charge in [0, 0.05) is 24.0 Å². The number of morpholine rings is 1. The summed E-state index contributed by atoms with van der Waals surface area (Å²) in [6.07, 6.45) is 5.48. The van der Waals surface area contributed by atoms with Crippen molar-refractivity contribution in [3.8, 4) is 0 Å². The molecule has 0 bridgehead atoms. The van der Waals surface area contributed by atoms with E-state index in [4.69, 9.17) is 4.74 Å². The Balaban J connectivity index is 1.48. The summed E-state index contributed by atoms with van der Waals surface area (Å²) in [5.74, 6) is 0.0168. The summed E-state index contributed by atoms with van der Waals surface area (Å²) >= 11 is 1.73. The topological polar surface area (TPSA) is 41.6 Å². The van der Waals surface area contributed by atoms with E-state index in [1.165, 1.54) is 36.1 Å². The van der Waals surface area contributed by atoms with Crippen molar-refractivity contribution in [2.24, 2.45) is 0 Å². The fourth-order valence-corrected chi connectivity index (χ4v) is 5.14. The zero-order chi connectivity index (χ0) is 18.5. The molecule has 4 nitrogen and oxygen atoms in total. The van der Waals surface area contributed by atoms with Gasteiger partial charge in [-0.25, -0.2) is 0 Å². The molecule has 2 aliphatic rings. The quantitative estimate of drug-likeness (QED) is 0.824. The molecule has 2 heterocycles. The summed E-state index contributed by atoms with van der Waals surface area (Å²) in [4.78, 5) is 16.8. The molecule has 2 fully saturated rings. The number of hydrogen-bond donors (Lipinski definition) is 1. The highest BCUT2D eigenvalue weighted by molar-refractivity contribution is 7.09. The number of carbonyl (C=O) groups excluding carboxylic acids is 1. The molecule has 27 heavy (non-hydrogen) atoms. The minimum absolute atomic E-state index is 0.00443. The van der Waals surface area contributed by atoms with Crippen molar-refractivity contribution >= 4 is 17.2 Å². The van der Waals surface area contributed by atoms with Crippen LogP contribution in [0.5, 0.6) is 0 Å². The van der Waals surface area contributed by atoms with Crippen molar-refractivity contribution in [2.75, 3.05) is 19.7 Å². The number of nitrogens with one attached hydrogen (secondary N) is 1. The van der Waals surface area contributed by atoms with Crippen LogP contribution in [-0.2, 0) is 16.0 Å². The number of benzene rings is 1. The molecule has 2 aromatic rings. The van der Waals surface area contributed by atoms with Crippen LogP contribution in [0.2, 0.25) is 0 Å². The summed E-state index contributed by atoms with van der Waals surface area (Å²) in [5.41, 5.74) is 1.18.